The van der Waals surface area contributed by atoms with Crippen LogP contribution in [0.25, 0.3) is 11.1 Å². The van der Waals surface area contributed by atoms with Gasteiger partial charge in [0.2, 0.25) is 0 Å². The minimum Gasteiger partial charge on any atom is -0.481 e. The summed E-state index contributed by atoms with van der Waals surface area (Å²) in [4.78, 5) is 25.1. The molecule has 1 aliphatic heterocycles. The maximum Gasteiger partial charge on any atom is 0.305 e. The topological polar surface area (TPSA) is 57.6 Å². The Bertz CT molecular complexity index is 829. The summed E-state index contributed by atoms with van der Waals surface area (Å²) in [5, 5.41) is 8.94. The molecule has 0 saturated carbocycles. The smallest absolute Gasteiger partial charge is 0.305 e. The Morgan fingerprint density at radius 2 is 1.65 bits per heavy atom. The standard InChI is InChI=1S/C19H16F3NO3/c20-15-8-13(9-16(21)18(15)22)11-3-5-12(6-4-11)19(26)23-7-1-2-14(23)10-17(24)25/h3-6,8-9,14H,1-2,7,10H2,(H,24,25). The summed E-state index contributed by atoms with van der Waals surface area (Å²) in [6.07, 6.45) is 1.29. The predicted octanol–water partition coefficient (Wildman–Crippen LogP) is 3.85. The molecule has 4 nitrogen and oxygen atoms in total. The van der Waals surface area contributed by atoms with Crippen LogP contribution in [0.15, 0.2) is 36.4 Å². The number of hydrogen-bond donors (Lipinski definition) is 1. The van der Waals surface area contributed by atoms with Crippen LogP contribution in [0.5, 0.6) is 0 Å². The molecule has 3 rings (SSSR count). The van der Waals surface area contributed by atoms with Crippen molar-refractivity contribution in [1.82, 2.24) is 4.90 Å². The monoisotopic (exact) mass is 363 g/mol. The van der Waals surface area contributed by atoms with E-state index in [2.05, 4.69) is 0 Å². The molecule has 1 N–H and O–H groups in total. The lowest BCUT2D eigenvalue weighted by molar-refractivity contribution is -0.137. The molecule has 1 saturated heterocycles. The summed E-state index contributed by atoms with van der Waals surface area (Å²) < 4.78 is 39.8. The van der Waals surface area contributed by atoms with Gasteiger partial charge in [-0.25, -0.2) is 13.2 Å². The maximum absolute atomic E-state index is 13.4. The van der Waals surface area contributed by atoms with Gasteiger partial charge in [0.1, 0.15) is 0 Å². The predicted molar refractivity (Wildman–Crippen MR) is 88.1 cm³/mol. The van der Waals surface area contributed by atoms with Crippen LogP contribution in [0.4, 0.5) is 13.2 Å². The van der Waals surface area contributed by atoms with Crippen LogP contribution in [0.1, 0.15) is 29.6 Å². The van der Waals surface area contributed by atoms with Crippen molar-refractivity contribution in [3.8, 4) is 11.1 Å². The number of benzene rings is 2. The quantitative estimate of drug-likeness (QED) is 0.840. The highest BCUT2D eigenvalue weighted by atomic mass is 19.2. The van der Waals surface area contributed by atoms with Gasteiger partial charge >= 0.3 is 5.97 Å². The van der Waals surface area contributed by atoms with Crippen molar-refractivity contribution >= 4 is 11.9 Å². The van der Waals surface area contributed by atoms with E-state index in [1.54, 1.807) is 4.90 Å². The molecular formula is C19H16F3NO3. The Morgan fingerprint density at radius 1 is 1.04 bits per heavy atom. The highest BCUT2D eigenvalue weighted by Crippen LogP contribution is 2.26. The zero-order valence-electron chi connectivity index (χ0n) is 13.7. The van der Waals surface area contributed by atoms with Crippen molar-refractivity contribution in [2.45, 2.75) is 25.3 Å². The normalized spacial score (nSPS) is 16.7. The minimum absolute atomic E-state index is 0.0992. The molecule has 0 aliphatic carbocycles. The summed E-state index contributed by atoms with van der Waals surface area (Å²) in [5.41, 5.74) is 0.947. The molecule has 2 aromatic carbocycles. The van der Waals surface area contributed by atoms with Crippen LogP contribution < -0.4 is 0 Å². The SMILES string of the molecule is O=C(O)CC1CCCN1C(=O)c1ccc(-c2cc(F)c(F)c(F)c2)cc1. The largest absolute Gasteiger partial charge is 0.481 e. The Labute approximate surface area is 147 Å². The molecule has 0 radical (unpaired) electrons. The molecule has 1 fully saturated rings. The van der Waals surface area contributed by atoms with Gasteiger partial charge in [0.15, 0.2) is 17.5 Å². The van der Waals surface area contributed by atoms with Crippen LogP contribution in [0.3, 0.4) is 0 Å². The molecule has 1 amide bonds. The molecular weight excluding hydrogens is 347 g/mol. The average molecular weight is 363 g/mol. The van der Waals surface area contributed by atoms with E-state index in [0.29, 0.717) is 24.1 Å². The van der Waals surface area contributed by atoms with E-state index in [9.17, 15) is 22.8 Å². The van der Waals surface area contributed by atoms with Gasteiger partial charge in [-0.3, -0.25) is 9.59 Å². The molecule has 26 heavy (non-hydrogen) atoms. The van der Waals surface area contributed by atoms with E-state index >= 15 is 0 Å². The van der Waals surface area contributed by atoms with Gasteiger partial charge in [0.25, 0.3) is 5.91 Å². The fourth-order valence-corrected chi connectivity index (χ4v) is 3.21. The Kier molecular flexibility index (Phi) is 4.97. The highest BCUT2D eigenvalue weighted by Gasteiger charge is 2.30. The van der Waals surface area contributed by atoms with E-state index < -0.39 is 23.4 Å². The van der Waals surface area contributed by atoms with Gasteiger partial charge in [-0.1, -0.05) is 12.1 Å². The van der Waals surface area contributed by atoms with Crippen molar-refractivity contribution in [3.05, 3.63) is 59.4 Å². The van der Waals surface area contributed by atoms with Gasteiger partial charge in [0, 0.05) is 18.2 Å². The third kappa shape index (κ3) is 3.56. The number of amides is 1. The second-order valence-corrected chi connectivity index (χ2v) is 6.22. The molecule has 136 valence electrons. The fourth-order valence-electron chi connectivity index (χ4n) is 3.21. The number of aliphatic carboxylic acids is 1. The molecule has 7 heteroatoms. The number of halogens is 3. The first-order valence-electron chi connectivity index (χ1n) is 8.14. The molecule has 2 aromatic rings. The lowest BCUT2D eigenvalue weighted by Gasteiger charge is -2.23. The summed E-state index contributed by atoms with van der Waals surface area (Å²) in [5.74, 6) is -5.33. The van der Waals surface area contributed by atoms with Gasteiger partial charge in [-0.15, -0.1) is 0 Å². The summed E-state index contributed by atoms with van der Waals surface area (Å²) in [6, 6.07) is 7.49. The van der Waals surface area contributed by atoms with Crippen LogP contribution >= 0.6 is 0 Å². The Balaban J connectivity index is 1.81. The number of carbonyl (C=O) groups excluding carboxylic acids is 1. The third-order valence-corrected chi connectivity index (χ3v) is 4.50. The van der Waals surface area contributed by atoms with Crippen molar-refractivity contribution in [2.75, 3.05) is 6.54 Å². The second-order valence-electron chi connectivity index (χ2n) is 6.22. The number of carboxylic acids is 1. The zero-order valence-corrected chi connectivity index (χ0v) is 13.7. The molecule has 1 unspecified atom stereocenters. The van der Waals surface area contributed by atoms with Gasteiger partial charge in [0.05, 0.1) is 6.42 Å². The Hall–Kier alpha value is -2.83. The molecule has 1 aliphatic rings. The molecule has 1 heterocycles. The zero-order chi connectivity index (χ0) is 18.8. The highest BCUT2D eigenvalue weighted by molar-refractivity contribution is 5.95. The first-order chi connectivity index (χ1) is 12.4. The first kappa shape index (κ1) is 18.0. The third-order valence-electron chi connectivity index (χ3n) is 4.50. The number of nitrogens with zero attached hydrogens (tertiary/aromatic N) is 1. The van der Waals surface area contributed by atoms with Gasteiger partial charge in [-0.05, 0) is 48.2 Å². The van der Waals surface area contributed by atoms with Crippen molar-refractivity contribution < 1.29 is 27.9 Å². The lowest BCUT2D eigenvalue weighted by Crippen LogP contribution is -2.36. The Morgan fingerprint density at radius 3 is 2.23 bits per heavy atom. The summed E-state index contributed by atoms with van der Waals surface area (Å²) in [6.45, 7) is 0.493. The van der Waals surface area contributed by atoms with Crippen LogP contribution in [-0.4, -0.2) is 34.5 Å². The van der Waals surface area contributed by atoms with E-state index in [1.807, 2.05) is 0 Å². The first-order valence-corrected chi connectivity index (χ1v) is 8.14. The number of rotatable bonds is 4. The number of likely N-dealkylation sites (tertiary alicyclic amines) is 1. The maximum atomic E-state index is 13.4. The summed E-state index contributed by atoms with van der Waals surface area (Å²) in [7, 11) is 0. The van der Waals surface area contributed by atoms with E-state index in [-0.39, 0.29) is 23.9 Å². The van der Waals surface area contributed by atoms with Crippen molar-refractivity contribution in [3.63, 3.8) is 0 Å². The van der Waals surface area contributed by atoms with E-state index in [4.69, 9.17) is 5.11 Å². The lowest BCUT2D eigenvalue weighted by atomic mass is 10.0. The van der Waals surface area contributed by atoms with Gasteiger partial charge < -0.3 is 10.0 Å². The summed E-state index contributed by atoms with van der Waals surface area (Å²) >= 11 is 0. The molecule has 0 aromatic heterocycles. The van der Waals surface area contributed by atoms with Gasteiger partial charge in [-0.2, -0.15) is 0 Å². The average Bonchev–Trinajstić information content (AvgIpc) is 3.06. The van der Waals surface area contributed by atoms with E-state index in [0.717, 1.165) is 18.6 Å². The van der Waals surface area contributed by atoms with Crippen LogP contribution in [-0.2, 0) is 4.79 Å². The second kappa shape index (κ2) is 7.19. The number of hydrogen-bond acceptors (Lipinski definition) is 2. The molecule has 1 atom stereocenters. The van der Waals surface area contributed by atoms with Crippen LogP contribution in [0, 0.1) is 17.5 Å². The van der Waals surface area contributed by atoms with Crippen molar-refractivity contribution in [2.24, 2.45) is 0 Å². The number of carboxylic acid groups (broad SMARTS) is 1. The molecule has 0 bridgehead atoms. The van der Waals surface area contributed by atoms with Crippen molar-refractivity contribution in [1.29, 1.82) is 0 Å². The fraction of sp³-hybridized carbons (Fsp3) is 0.263. The molecule has 0 spiro atoms. The van der Waals surface area contributed by atoms with Crippen LogP contribution in [0.2, 0.25) is 0 Å². The minimum atomic E-state index is -1.53. The number of carbonyl (C=O) groups is 2. The van der Waals surface area contributed by atoms with E-state index in [1.165, 1.54) is 24.3 Å².